The second kappa shape index (κ2) is 13.1. The maximum Gasteiger partial charge on any atom is 0.336 e. The molecule has 1 aromatic heterocycles. The summed E-state index contributed by atoms with van der Waals surface area (Å²) in [6.07, 6.45) is 3.16. The van der Waals surface area contributed by atoms with Gasteiger partial charge in [0, 0.05) is 12.0 Å². The number of carboxylic acid groups (broad SMARTS) is 1. The molecule has 1 atom stereocenters. The zero-order valence-electron chi connectivity index (χ0n) is 21.3. The summed E-state index contributed by atoms with van der Waals surface area (Å²) in [4.78, 5) is 28.7. The van der Waals surface area contributed by atoms with Crippen LogP contribution in [0.5, 0.6) is 0 Å². The lowest BCUT2D eigenvalue weighted by molar-refractivity contribution is -0.121. The lowest BCUT2D eigenvalue weighted by atomic mass is 9.98. The van der Waals surface area contributed by atoms with Crippen LogP contribution in [0.15, 0.2) is 42.5 Å². The third-order valence-corrected chi connectivity index (χ3v) is 6.88. The van der Waals surface area contributed by atoms with Crippen molar-refractivity contribution in [1.29, 1.82) is 0 Å². The molecule has 1 amide bonds. The summed E-state index contributed by atoms with van der Waals surface area (Å²) in [5.74, 6) is -0.677. The van der Waals surface area contributed by atoms with Crippen LogP contribution >= 0.6 is 24.2 Å². The van der Waals surface area contributed by atoms with Gasteiger partial charge in [0.1, 0.15) is 11.6 Å². The number of hydrogen-bond acceptors (Lipinski definition) is 4. The molecular formula is C28H33ClFN3O3S. The van der Waals surface area contributed by atoms with Gasteiger partial charge in [-0.1, -0.05) is 69.1 Å². The number of aryl methyl sites for hydroxylation is 1. The highest BCUT2D eigenvalue weighted by Crippen LogP contribution is 2.27. The Bertz CT molecular complexity index is 1260. The Labute approximate surface area is 227 Å². The molecule has 198 valence electrons. The van der Waals surface area contributed by atoms with Crippen molar-refractivity contribution >= 4 is 36.1 Å². The van der Waals surface area contributed by atoms with Crippen LogP contribution in [0.4, 0.5) is 4.39 Å². The molecule has 6 nitrogen and oxygen atoms in total. The fourth-order valence-corrected chi connectivity index (χ4v) is 4.94. The first-order chi connectivity index (χ1) is 17.6. The number of nitrogens with zero attached hydrogens (tertiary/aromatic N) is 2. The number of carbonyl (C=O) groups excluding carboxylic acids is 1. The van der Waals surface area contributed by atoms with E-state index >= 15 is 4.39 Å². The average Bonchev–Trinajstić information content (AvgIpc) is 3.15. The highest BCUT2D eigenvalue weighted by Gasteiger charge is 2.21. The molecule has 9 heteroatoms. The smallest absolute Gasteiger partial charge is 0.336 e. The van der Waals surface area contributed by atoms with Crippen LogP contribution in [0.1, 0.15) is 67.5 Å². The maximum atomic E-state index is 15.3. The third-order valence-electron chi connectivity index (χ3n) is 6.13. The summed E-state index contributed by atoms with van der Waals surface area (Å²) in [5, 5.41) is 12.2. The molecular weight excluding hydrogens is 513 g/mol. The van der Waals surface area contributed by atoms with Gasteiger partial charge in [-0.15, -0.1) is 0 Å². The lowest BCUT2D eigenvalue weighted by Gasteiger charge is -2.16. The van der Waals surface area contributed by atoms with Crippen LogP contribution in [-0.4, -0.2) is 31.8 Å². The van der Waals surface area contributed by atoms with Crippen molar-refractivity contribution in [2.45, 2.75) is 64.8 Å². The van der Waals surface area contributed by atoms with Crippen LogP contribution in [0.25, 0.3) is 11.1 Å². The minimum atomic E-state index is -1.07. The predicted octanol–water partition coefficient (Wildman–Crippen LogP) is 6.39. The zero-order valence-corrected chi connectivity index (χ0v) is 23.0. The van der Waals surface area contributed by atoms with Gasteiger partial charge in [-0.25, -0.2) is 14.2 Å². The number of carboxylic acids is 1. The van der Waals surface area contributed by atoms with E-state index in [1.165, 1.54) is 12.1 Å². The number of benzene rings is 2. The standard InChI is InChI=1S/C28H33ClFN3O3S/c1-4-5-10-25-32-26(29)23(15-31-27(34)24(37)13-17(2)3)33(25)16-19-12-11-18(14-22(19)30)20-8-6-7-9-21(20)28(35)36/h6-9,11-12,14,17,24,37H,4-5,10,13,15-16H2,1-3H3,(H,31,34)(H,35,36). The largest absolute Gasteiger partial charge is 0.478 e. The molecule has 3 aromatic rings. The number of rotatable bonds is 12. The van der Waals surface area contributed by atoms with E-state index in [0.29, 0.717) is 41.1 Å². The summed E-state index contributed by atoms with van der Waals surface area (Å²) in [7, 11) is 0. The van der Waals surface area contributed by atoms with E-state index in [1.807, 2.05) is 18.4 Å². The monoisotopic (exact) mass is 545 g/mol. The molecule has 0 aliphatic rings. The van der Waals surface area contributed by atoms with Gasteiger partial charge in [0.25, 0.3) is 0 Å². The Kier molecular flexibility index (Phi) is 10.2. The molecule has 0 radical (unpaired) electrons. The first-order valence-corrected chi connectivity index (χ1v) is 13.3. The fraction of sp³-hybridized carbons (Fsp3) is 0.393. The van der Waals surface area contributed by atoms with Gasteiger partial charge < -0.3 is 15.0 Å². The Balaban J connectivity index is 1.90. The summed E-state index contributed by atoms with van der Waals surface area (Å²) >= 11 is 10.9. The molecule has 0 aliphatic carbocycles. The Hall–Kier alpha value is -2.84. The highest BCUT2D eigenvalue weighted by atomic mass is 35.5. The molecule has 0 bridgehead atoms. The first-order valence-electron chi connectivity index (χ1n) is 12.4. The van der Waals surface area contributed by atoms with Gasteiger partial charge in [0.05, 0.1) is 29.6 Å². The highest BCUT2D eigenvalue weighted by molar-refractivity contribution is 7.81. The van der Waals surface area contributed by atoms with Crippen LogP contribution in [-0.2, 0) is 24.3 Å². The number of aromatic carboxylic acids is 1. The Morgan fingerprint density at radius 2 is 1.95 bits per heavy atom. The summed E-state index contributed by atoms with van der Waals surface area (Å²) < 4.78 is 17.2. The number of aromatic nitrogens is 2. The Morgan fingerprint density at radius 1 is 1.22 bits per heavy atom. The summed E-state index contributed by atoms with van der Waals surface area (Å²) in [5.41, 5.74) is 2.04. The second-order valence-electron chi connectivity index (χ2n) is 9.48. The first kappa shape index (κ1) is 28.7. The van der Waals surface area contributed by atoms with E-state index in [0.717, 1.165) is 18.7 Å². The molecule has 0 saturated carbocycles. The number of hydrogen-bond donors (Lipinski definition) is 3. The summed E-state index contributed by atoms with van der Waals surface area (Å²) in [6, 6.07) is 11.2. The average molecular weight is 546 g/mol. The van der Waals surface area contributed by atoms with Gasteiger partial charge in [-0.05, 0) is 42.0 Å². The van der Waals surface area contributed by atoms with Crippen molar-refractivity contribution in [2.75, 3.05) is 0 Å². The zero-order chi connectivity index (χ0) is 27.1. The topological polar surface area (TPSA) is 84.2 Å². The molecule has 1 unspecified atom stereocenters. The number of unbranched alkanes of at least 4 members (excludes halogenated alkanes) is 1. The summed E-state index contributed by atoms with van der Waals surface area (Å²) in [6.45, 7) is 6.46. The lowest BCUT2D eigenvalue weighted by Crippen LogP contribution is -2.32. The van der Waals surface area contributed by atoms with E-state index < -0.39 is 17.0 Å². The van der Waals surface area contributed by atoms with Crippen LogP contribution in [0.2, 0.25) is 5.15 Å². The normalized spacial score (nSPS) is 12.1. The number of halogens is 2. The maximum absolute atomic E-state index is 15.3. The molecule has 3 rings (SSSR count). The van der Waals surface area contributed by atoms with Gasteiger partial charge in [0.2, 0.25) is 5.91 Å². The van der Waals surface area contributed by atoms with Gasteiger partial charge in [-0.2, -0.15) is 12.6 Å². The van der Waals surface area contributed by atoms with E-state index in [9.17, 15) is 14.7 Å². The molecule has 0 spiro atoms. The quantitative estimate of drug-likeness (QED) is 0.230. The van der Waals surface area contributed by atoms with E-state index in [1.54, 1.807) is 30.3 Å². The second-order valence-corrected chi connectivity index (χ2v) is 10.5. The van der Waals surface area contributed by atoms with E-state index in [4.69, 9.17) is 11.6 Å². The number of nitrogens with one attached hydrogen (secondary N) is 1. The van der Waals surface area contributed by atoms with E-state index in [2.05, 4.69) is 29.9 Å². The molecule has 0 fully saturated rings. The van der Waals surface area contributed by atoms with E-state index in [-0.39, 0.29) is 29.7 Å². The number of thiol groups is 1. The van der Waals surface area contributed by atoms with Gasteiger partial charge in [0.15, 0.2) is 5.15 Å². The van der Waals surface area contributed by atoms with Gasteiger partial charge >= 0.3 is 5.97 Å². The molecule has 2 N–H and O–H groups in total. The number of carbonyl (C=O) groups is 2. The molecule has 1 heterocycles. The van der Waals surface area contributed by atoms with Crippen molar-refractivity contribution in [2.24, 2.45) is 5.92 Å². The van der Waals surface area contributed by atoms with Crippen molar-refractivity contribution < 1.29 is 19.1 Å². The molecule has 0 saturated heterocycles. The Morgan fingerprint density at radius 3 is 2.59 bits per heavy atom. The van der Waals surface area contributed by atoms with Crippen molar-refractivity contribution in [3.63, 3.8) is 0 Å². The molecule has 2 aromatic carbocycles. The van der Waals surface area contributed by atoms with Gasteiger partial charge in [-0.3, -0.25) is 4.79 Å². The third kappa shape index (κ3) is 7.36. The van der Waals surface area contributed by atoms with Crippen molar-refractivity contribution in [3.05, 3.63) is 76.1 Å². The molecule has 0 aliphatic heterocycles. The SMILES string of the molecule is CCCCc1nc(Cl)c(CNC(=O)C(S)CC(C)C)n1Cc1ccc(-c2ccccc2C(=O)O)cc1F. The van der Waals surface area contributed by atoms with Crippen molar-refractivity contribution in [3.8, 4) is 11.1 Å². The minimum absolute atomic E-state index is 0.107. The van der Waals surface area contributed by atoms with Crippen molar-refractivity contribution in [1.82, 2.24) is 14.9 Å². The number of amides is 1. The number of imidazole rings is 1. The van der Waals surface area contributed by atoms with Crippen LogP contribution in [0.3, 0.4) is 0 Å². The fourth-order valence-electron chi connectivity index (χ4n) is 4.16. The predicted molar refractivity (Wildman–Crippen MR) is 148 cm³/mol. The minimum Gasteiger partial charge on any atom is -0.478 e. The van der Waals surface area contributed by atoms with Crippen LogP contribution < -0.4 is 5.32 Å². The molecule has 37 heavy (non-hydrogen) atoms. The van der Waals surface area contributed by atoms with Crippen LogP contribution in [0, 0.1) is 11.7 Å².